The van der Waals surface area contributed by atoms with Crippen molar-refractivity contribution in [2.24, 2.45) is 0 Å². The molecule has 3 rings (SSSR count). The van der Waals surface area contributed by atoms with Gasteiger partial charge in [-0.15, -0.1) is 0 Å². The van der Waals surface area contributed by atoms with Crippen LogP contribution in [0.2, 0.25) is 0 Å². The number of amides is 2. The second-order valence-corrected chi connectivity index (χ2v) is 5.85. The van der Waals surface area contributed by atoms with Gasteiger partial charge in [0.1, 0.15) is 11.9 Å². The maximum Gasteiger partial charge on any atom is 0.335 e. The molecule has 8 nitrogen and oxygen atoms in total. The molecule has 27 heavy (non-hydrogen) atoms. The van der Waals surface area contributed by atoms with Gasteiger partial charge < -0.3 is 15.5 Å². The zero-order valence-corrected chi connectivity index (χ0v) is 13.7. The highest BCUT2D eigenvalue weighted by molar-refractivity contribution is 6.23. The molecule has 0 saturated carbocycles. The van der Waals surface area contributed by atoms with Crippen molar-refractivity contribution in [2.75, 3.05) is 10.2 Å². The van der Waals surface area contributed by atoms with Crippen LogP contribution in [0.25, 0.3) is 0 Å². The number of carboxylic acids is 2. The molecule has 1 aliphatic rings. The van der Waals surface area contributed by atoms with E-state index in [1.165, 1.54) is 24.3 Å². The summed E-state index contributed by atoms with van der Waals surface area (Å²) < 4.78 is 13.0. The van der Waals surface area contributed by atoms with Crippen LogP contribution in [-0.4, -0.2) is 40.0 Å². The van der Waals surface area contributed by atoms with Gasteiger partial charge in [0.05, 0.1) is 23.2 Å². The Labute approximate surface area is 151 Å². The molecular formula is C18H13FN2O6. The first-order valence-electron chi connectivity index (χ1n) is 7.77. The Hall–Kier alpha value is -3.75. The quantitative estimate of drug-likeness (QED) is 0.686. The van der Waals surface area contributed by atoms with Crippen molar-refractivity contribution >= 4 is 35.1 Å². The van der Waals surface area contributed by atoms with Crippen molar-refractivity contribution in [1.82, 2.24) is 0 Å². The number of anilines is 2. The van der Waals surface area contributed by atoms with Crippen LogP contribution in [0, 0.1) is 5.82 Å². The van der Waals surface area contributed by atoms with Crippen LogP contribution >= 0.6 is 0 Å². The van der Waals surface area contributed by atoms with Crippen LogP contribution in [0.4, 0.5) is 15.8 Å². The molecule has 9 heteroatoms. The SMILES string of the molecule is O=C(O)c1cc(C(=O)O)cc(N2C(=O)CC(Nc3ccc(F)cc3)C2=O)c1. The molecule has 0 aromatic heterocycles. The summed E-state index contributed by atoms with van der Waals surface area (Å²) in [4.78, 5) is 48.1. The summed E-state index contributed by atoms with van der Waals surface area (Å²) in [6, 6.07) is 7.31. The number of carbonyl (C=O) groups excluding carboxylic acids is 2. The van der Waals surface area contributed by atoms with Crippen LogP contribution in [0.5, 0.6) is 0 Å². The van der Waals surface area contributed by atoms with E-state index in [4.69, 9.17) is 10.2 Å². The van der Waals surface area contributed by atoms with Crippen LogP contribution in [-0.2, 0) is 9.59 Å². The van der Waals surface area contributed by atoms with Crippen LogP contribution in [0.1, 0.15) is 27.1 Å². The number of nitrogens with one attached hydrogen (secondary N) is 1. The van der Waals surface area contributed by atoms with E-state index in [2.05, 4.69) is 5.32 Å². The first-order chi connectivity index (χ1) is 12.8. The average molecular weight is 372 g/mol. The molecule has 0 bridgehead atoms. The summed E-state index contributed by atoms with van der Waals surface area (Å²) in [6.07, 6.45) is -0.212. The topological polar surface area (TPSA) is 124 Å². The highest BCUT2D eigenvalue weighted by Crippen LogP contribution is 2.27. The second kappa shape index (κ2) is 6.87. The van der Waals surface area contributed by atoms with Gasteiger partial charge in [-0.25, -0.2) is 18.9 Å². The first kappa shape index (κ1) is 18.1. The summed E-state index contributed by atoms with van der Waals surface area (Å²) in [5, 5.41) is 21.1. The third-order valence-electron chi connectivity index (χ3n) is 4.00. The van der Waals surface area contributed by atoms with E-state index >= 15 is 0 Å². The number of benzene rings is 2. The zero-order valence-electron chi connectivity index (χ0n) is 13.7. The van der Waals surface area contributed by atoms with Crippen molar-refractivity contribution in [3.05, 3.63) is 59.4 Å². The largest absolute Gasteiger partial charge is 0.478 e. The smallest absolute Gasteiger partial charge is 0.335 e. The number of rotatable bonds is 5. The fraction of sp³-hybridized carbons (Fsp3) is 0.111. The molecule has 138 valence electrons. The number of carbonyl (C=O) groups is 4. The Bertz CT molecular complexity index is 925. The molecule has 1 atom stereocenters. The van der Waals surface area contributed by atoms with Gasteiger partial charge in [0, 0.05) is 5.69 Å². The van der Waals surface area contributed by atoms with E-state index in [0.29, 0.717) is 5.69 Å². The highest BCUT2D eigenvalue weighted by atomic mass is 19.1. The van der Waals surface area contributed by atoms with Gasteiger partial charge in [-0.3, -0.25) is 9.59 Å². The van der Waals surface area contributed by atoms with Crippen molar-refractivity contribution in [3.63, 3.8) is 0 Å². The van der Waals surface area contributed by atoms with Gasteiger partial charge in [-0.05, 0) is 42.5 Å². The summed E-state index contributed by atoms with van der Waals surface area (Å²) in [5.74, 6) is -4.51. The molecule has 2 aromatic rings. The molecule has 2 amide bonds. The fourth-order valence-corrected chi connectivity index (χ4v) is 2.75. The summed E-state index contributed by atoms with van der Waals surface area (Å²) in [6.45, 7) is 0. The number of hydrogen-bond donors (Lipinski definition) is 3. The van der Waals surface area contributed by atoms with E-state index in [0.717, 1.165) is 23.1 Å². The molecule has 2 aromatic carbocycles. The Morgan fingerprint density at radius 3 is 2.07 bits per heavy atom. The lowest BCUT2D eigenvalue weighted by Gasteiger charge is -2.17. The lowest BCUT2D eigenvalue weighted by Crippen LogP contribution is -2.35. The number of halogens is 1. The summed E-state index contributed by atoms with van der Waals surface area (Å²) in [7, 11) is 0. The summed E-state index contributed by atoms with van der Waals surface area (Å²) in [5.41, 5.74) is -0.429. The highest BCUT2D eigenvalue weighted by Gasteiger charge is 2.40. The molecule has 3 N–H and O–H groups in total. The van der Waals surface area contributed by atoms with Crippen LogP contribution in [0.3, 0.4) is 0 Å². The van der Waals surface area contributed by atoms with Crippen molar-refractivity contribution in [2.45, 2.75) is 12.5 Å². The maximum atomic E-state index is 13.0. The predicted octanol–water partition coefficient (Wildman–Crippen LogP) is 1.97. The molecule has 0 radical (unpaired) electrons. The molecule has 1 aliphatic heterocycles. The van der Waals surface area contributed by atoms with Gasteiger partial charge >= 0.3 is 11.9 Å². The molecule has 1 saturated heterocycles. The van der Waals surface area contributed by atoms with E-state index in [-0.39, 0.29) is 23.2 Å². The lowest BCUT2D eigenvalue weighted by molar-refractivity contribution is -0.121. The first-order valence-corrected chi connectivity index (χ1v) is 7.77. The Morgan fingerprint density at radius 2 is 1.56 bits per heavy atom. The van der Waals surface area contributed by atoms with E-state index in [1.54, 1.807) is 0 Å². The number of imide groups is 1. The summed E-state index contributed by atoms with van der Waals surface area (Å²) >= 11 is 0. The van der Waals surface area contributed by atoms with Crippen molar-refractivity contribution < 1.29 is 33.8 Å². The van der Waals surface area contributed by atoms with Gasteiger partial charge in [-0.1, -0.05) is 0 Å². The maximum absolute atomic E-state index is 13.0. The fourth-order valence-electron chi connectivity index (χ4n) is 2.75. The minimum Gasteiger partial charge on any atom is -0.478 e. The number of hydrogen-bond acceptors (Lipinski definition) is 5. The number of nitrogens with zero attached hydrogens (tertiary/aromatic N) is 1. The second-order valence-electron chi connectivity index (χ2n) is 5.85. The van der Waals surface area contributed by atoms with E-state index < -0.39 is 35.6 Å². The standard InChI is InChI=1S/C18H13FN2O6/c19-11-1-3-12(4-2-11)20-14-8-15(22)21(16(14)23)13-6-9(17(24)25)5-10(7-13)18(26)27/h1-7,14,20H,8H2,(H,24,25)(H,26,27). The van der Waals surface area contributed by atoms with E-state index in [1.807, 2.05) is 0 Å². The molecule has 1 heterocycles. The van der Waals surface area contributed by atoms with Crippen LogP contribution in [0.15, 0.2) is 42.5 Å². The number of aromatic carboxylic acids is 2. The lowest BCUT2D eigenvalue weighted by atomic mass is 10.1. The monoisotopic (exact) mass is 372 g/mol. The van der Waals surface area contributed by atoms with Crippen molar-refractivity contribution in [1.29, 1.82) is 0 Å². The third-order valence-corrected chi connectivity index (χ3v) is 4.00. The van der Waals surface area contributed by atoms with Crippen molar-refractivity contribution in [3.8, 4) is 0 Å². The Morgan fingerprint density at radius 1 is 1.00 bits per heavy atom. The van der Waals surface area contributed by atoms with Gasteiger partial charge in [0.2, 0.25) is 5.91 Å². The minimum atomic E-state index is -1.39. The average Bonchev–Trinajstić information content (AvgIpc) is 2.90. The Kier molecular flexibility index (Phi) is 4.59. The van der Waals surface area contributed by atoms with Gasteiger partial charge in [0.25, 0.3) is 5.91 Å². The minimum absolute atomic E-state index is 0.134. The number of carboxylic acid groups (broad SMARTS) is 2. The molecule has 1 fully saturated rings. The normalized spacial score (nSPS) is 16.5. The van der Waals surface area contributed by atoms with E-state index in [9.17, 15) is 23.6 Å². The van der Waals surface area contributed by atoms with Gasteiger partial charge in [0.15, 0.2) is 0 Å². The third kappa shape index (κ3) is 3.61. The molecule has 0 spiro atoms. The van der Waals surface area contributed by atoms with Gasteiger partial charge in [-0.2, -0.15) is 0 Å². The molecule has 0 aliphatic carbocycles. The molecular weight excluding hydrogens is 359 g/mol. The molecule has 1 unspecified atom stereocenters. The van der Waals surface area contributed by atoms with Crippen LogP contribution < -0.4 is 10.2 Å². The Balaban J connectivity index is 1.92. The zero-order chi connectivity index (χ0) is 19.7. The predicted molar refractivity (Wildman–Crippen MR) is 91.3 cm³/mol.